The van der Waals surface area contributed by atoms with E-state index in [2.05, 4.69) is 31.2 Å². The van der Waals surface area contributed by atoms with Gasteiger partial charge in [-0.1, -0.05) is 108 Å². The molecule has 0 spiro atoms. The highest BCUT2D eigenvalue weighted by atomic mass is 16.4. The van der Waals surface area contributed by atoms with Gasteiger partial charge in [0.25, 0.3) is 0 Å². The first kappa shape index (κ1) is 26.0. The topological polar surface area (TPSA) is 37.3 Å². The Morgan fingerprint density at radius 3 is 1.44 bits per heavy atom. The maximum absolute atomic E-state index is 10.4. The highest BCUT2D eigenvalue weighted by molar-refractivity contribution is 5.66. The molecule has 0 heterocycles. The van der Waals surface area contributed by atoms with Gasteiger partial charge in [0.2, 0.25) is 0 Å². The molecule has 27 heavy (non-hydrogen) atoms. The number of aliphatic carboxylic acids is 1. The number of rotatable bonds is 21. The molecule has 0 aliphatic heterocycles. The van der Waals surface area contributed by atoms with Gasteiger partial charge >= 0.3 is 5.97 Å². The zero-order chi connectivity index (χ0) is 19.8. The van der Waals surface area contributed by atoms with Crippen molar-refractivity contribution in [2.75, 3.05) is 0 Å². The fraction of sp³-hybridized carbons (Fsp3) is 0.800. The third-order valence-corrected chi connectivity index (χ3v) is 5.09. The number of allylic oxidation sites excluding steroid dienone is 4. The van der Waals surface area contributed by atoms with E-state index in [1.807, 2.05) is 0 Å². The van der Waals surface area contributed by atoms with Crippen LogP contribution in [0.5, 0.6) is 0 Å². The van der Waals surface area contributed by atoms with Crippen LogP contribution in [-0.4, -0.2) is 11.1 Å². The van der Waals surface area contributed by atoms with Gasteiger partial charge in [-0.25, -0.2) is 0 Å². The molecule has 0 amide bonds. The number of hydrogen-bond donors (Lipinski definition) is 1. The van der Waals surface area contributed by atoms with Crippen LogP contribution in [0.1, 0.15) is 129 Å². The molecule has 2 nitrogen and oxygen atoms in total. The Morgan fingerprint density at radius 1 is 0.593 bits per heavy atom. The van der Waals surface area contributed by atoms with E-state index in [1.54, 1.807) is 0 Å². The summed E-state index contributed by atoms with van der Waals surface area (Å²) in [5.41, 5.74) is 0. The molecular weight excluding hydrogens is 332 g/mol. The highest BCUT2D eigenvalue weighted by Gasteiger charge is 1.96. The molecule has 0 rings (SSSR count). The fourth-order valence-corrected chi connectivity index (χ4v) is 3.33. The monoisotopic (exact) mass is 378 g/mol. The summed E-state index contributed by atoms with van der Waals surface area (Å²) in [6, 6.07) is 0. The molecule has 0 bridgehead atoms. The summed E-state index contributed by atoms with van der Waals surface area (Å²) in [4.78, 5) is 10.4. The van der Waals surface area contributed by atoms with Crippen molar-refractivity contribution >= 4 is 5.97 Å². The van der Waals surface area contributed by atoms with Gasteiger partial charge in [-0.15, -0.1) is 0 Å². The third-order valence-electron chi connectivity index (χ3n) is 5.09. The van der Waals surface area contributed by atoms with Crippen molar-refractivity contribution in [1.82, 2.24) is 0 Å². The maximum atomic E-state index is 10.4. The summed E-state index contributed by atoms with van der Waals surface area (Å²) < 4.78 is 0. The van der Waals surface area contributed by atoms with Crippen LogP contribution in [-0.2, 0) is 4.79 Å². The molecular formula is C25H46O2. The van der Waals surface area contributed by atoms with E-state index in [1.165, 1.54) is 96.3 Å². The summed E-state index contributed by atoms with van der Waals surface area (Å²) in [6.07, 6.45) is 32.6. The first-order valence-corrected chi connectivity index (χ1v) is 11.8. The van der Waals surface area contributed by atoms with Crippen molar-refractivity contribution < 1.29 is 9.90 Å². The molecule has 0 saturated heterocycles. The minimum atomic E-state index is -0.658. The molecule has 1 N–H and O–H groups in total. The van der Waals surface area contributed by atoms with Gasteiger partial charge < -0.3 is 5.11 Å². The average Bonchev–Trinajstić information content (AvgIpc) is 2.65. The van der Waals surface area contributed by atoms with Gasteiger partial charge in [0.15, 0.2) is 0 Å². The van der Waals surface area contributed by atoms with E-state index in [9.17, 15) is 4.79 Å². The Kier molecular flexibility index (Phi) is 22.1. The van der Waals surface area contributed by atoms with Gasteiger partial charge in [0.05, 0.1) is 0 Å². The molecule has 2 heteroatoms. The summed E-state index contributed by atoms with van der Waals surface area (Å²) in [7, 11) is 0. The first-order chi connectivity index (χ1) is 13.3. The zero-order valence-electron chi connectivity index (χ0n) is 18.1. The fourth-order valence-electron chi connectivity index (χ4n) is 3.33. The van der Waals surface area contributed by atoms with Crippen LogP contribution >= 0.6 is 0 Å². The normalized spacial score (nSPS) is 11.7. The summed E-state index contributed by atoms with van der Waals surface area (Å²) in [5.74, 6) is -0.658. The predicted molar refractivity (Wildman–Crippen MR) is 119 cm³/mol. The molecule has 158 valence electrons. The van der Waals surface area contributed by atoms with Gasteiger partial charge in [0.1, 0.15) is 0 Å². The van der Waals surface area contributed by atoms with Gasteiger partial charge in [-0.2, -0.15) is 0 Å². The van der Waals surface area contributed by atoms with Crippen LogP contribution in [0.15, 0.2) is 24.3 Å². The molecule has 0 fully saturated rings. The van der Waals surface area contributed by atoms with Crippen molar-refractivity contribution in [1.29, 1.82) is 0 Å². The maximum Gasteiger partial charge on any atom is 0.303 e. The van der Waals surface area contributed by atoms with Gasteiger partial charge in [-0.3, -0.25) is 4.79 Å². The standard InChI is InChI=1S/C25H46O2/c1-2-3-4-5-6-7-8-9-10-11-12-13-14-15-16-17-18-19-20-21-22-23-24-25(26)27/h8-9,11-12H,2-7,10,13-24H2,1H3,(H,26,27). The van der Waals surface area contributed by atoms with Crippen molar-refractivity contribution in [3.63, 3.8) is 0 Å². The van der Waals surface area contributed by atoms with E-state index in [-0.39, 0.29) is 0 Å². The molecule has 0 aliphatic carbocycles. The van der Waals surface area contributed by atoms with E-state index < -0.39 is 5.97 Å². The Morgan fingerprint density at radius 2 is 1.00 bits per heavy atom. The lowest BCUT2D eigenvalue weighted by molar-refractivity contribution is -0.137. The van der Waals surface area contributed by atoms with E-state index in [4.69, 9.17) is 5.11 Å². The second kappa shape index (κ2) is 23.0. The average molecular weight is 379 g/mol. The number of unbranched alkanes of at least 4 members (excludes halogenated alkanes) is 15. The van der Waals surface area contributed by atoms with Crippen LogP contribution in [0.2, 0.25) is 0 Å². The van der Waals surface area contributed by atoms with Crippen LogP contribution in [0.3, 0.4) is 0 Å². The van der Waals surface area contributed by atoms with Crippen LogP contribution in [0.25, 0.3) is 0 Å². The number of carboxylic acid groups (broad SMARTS) is 1. The lowest BCUT2D eigenvalue weighted by Crippen LogP contribution is -1.93. The van der Waals surface area contributed by atoms with Crippen LogP contribution in [0.4, 0.5) is 0 Å². The molecule has 0 aromatic carbocycles. The molecule has 0 aromatic rings. The minimum Gasteiger partial charge on any atom is -0.481 e. The Labute approximate surface area is 169 Å². The molecule has 0 aliphatic rings. The molecule has 0 saturated carbocycles. The molecule has 0 unspecified atom stereocenters. The molecule has 0 atom stereocenters. The summed E-state index contributed by atoms with van der Waals surface area (Å²) in [5, 5.41) is 8.57. The smallest absolute Gasteiger partial charge is 0.303 e. The first-order valence-electron chi connectivity index (χ1n) is 11.8. The highest BCUT2D eigenvalue weighted by Crippen LogP contribution is 2.12. The Bertz CT molecular complexity index is 357. The quantitative estimate of drug-likeness (QED) is 0.160. The predicted octanol–water partition coefficient (Wildman–Crippen LogP) is 8.62. The lowest BCUT2D eigenvalue weighted by atomic mass is 10.1. The zero-order valence-corrected chi connectivity index (χ0v) is 18.1. The second-order valence-corrected chi connectivity index (χ2v) is 7.85. The summed E-state index contributed by atoms with van der Waals surface area (Å²) in [6.45, 7) is 2.27. The van der Waals surface area contributed by atoms with Gasteiger partial charge in [0, 0.05) is 6.42 Å². The largest absolute Gasteiger partial charge is 0.481 e. The number of carboxylic acids is 1. The van der Waals surface area contributed by atoms with Crippen molar-refractivity contribution in [3.8, 4) is 0 Å². The Hall–Kier alpha value is -1.05. The van der Waals surface area contributed by atoms with Crippen molar-refractivity contribution in [2.45, 2.75) is 129 Å². The summed E-state index contributed by atoms with van der Waals surface area (Å²) >= 11 is 0. The Balaban J connectivity index is 3.15. The van der Waals surface area contributed by atoms with Crippen LogP contribution in [0, 0.1) is 0 Å². The van der Waals surface area contributed by atoms with Crippen molar-refractivity contribution in [3.05, 3.63) is 24.3 Å². The second-order valence-electron chi connectivity index (χ2n) is 7.85. The third kappa shape index (κ3) is 24.9. The number of hydrogen-bond acceptors (Lipinski definition) is 1. The van der Waals surface area contributed by atoms with E-state index in [0.29, 0.717) is 6.42 Å². The number of carbonyl (C=O) groups is 1. The van der Waals surface area contributed by atoms with E-state index in [0.717, 1.165) is 19.3 Å². The van der Waals surface area contributed by atoms with Crippen LogP contribution < -0.4 is 0 Å². The molecule has 0 aromatic heterocycles. The molecule has 0 radical (unpaired) electrons. The van der Waals surface area contributed by atoms with Gasteiger partial charge in [-0.05, 0) is 38.5 Å². The lowest BCUT2D eigenvalue weighted by Gasteiger charge is -2.01. The van der Waals surface area contributed by atoms with Crippen molar-refractivity contribution in [2.24, 2.45) is 0 Å². The minimum absolute atomic E-state index is 0.337. The van der Waals surface area contributed by atoms with E-state index >= 15 is 0 Å². The SMILES string of the molecule is CCCCCCCC=CCC=CCCCCCCCCCCCCC(=O)O.